The molecule has 1 atom stereocenters. The molecule has 1 unspecified atom stereocenters. The van der Waals surface area contributed by atoms with E-state index in [2.05, 4.69) is 10.6 Å². The van der Waals surface area contributed by atoms with Gasteiger partial charge >= 0.3 is 6.03 Å². The van der Waals surface area contributed by atoms with Crippen LogP contribution < -0.4 is 10.6 Å². The fourth-order valence-electron chi connectivity index (χ4n) is 3.00. The van der Waals surface area contributed by atoms with Crippen LogP contribution in [0.3, 0.4) is 0 Å². The Morgan fingerprint density at radius 2 is 2.04 bits per heavy atom. The fourth-order valence-corrected chi connectivity index (χ4v) is 3.00. The summed E-state index contributed by atoms with van der Waals surface area (Å²) >= 11 is 0. The van der Waals surface area contributed by atoms with E-state index in [0.29, 0.717) is 26.1 Å². The van der Waals surface area contributed by atoms with Crippen LogP contribution in [0.1, 0.15) is 43.7 Å². The molecule has 3 amide bonds. The summed E-state index contributed by atoms with van der Waals surface area (Å²) in [4.78, 5) is 26.4. The number of methoxy groups -OCH3 is 1. The van der Waals surface area contributed by atoms with Gasteiger partial charge in [-0.15, -0.1) is 0 Å². The maximum absolute atomic E-state index is 12.3. The number of hydrogen-bond donors (Lipinski definition) is 2. The molecule has 25 heavy (non-hydrogen) atoms. The number of urea groups is 1. The van der Waals surface area contributed by atoms with Crippen LogP contribution in [-0.2, 0) is 9.53 Å². The molecule has 0 saturated carbocycles. The smallest absolute Gasteiger partial charge is 0.315 e. The molecule has 2 rings (SSSR count). The van der Waals surface area contributed by atoms with Gasteiger partial charge in [0.2, 0.25) is 5.91 Å². The minimum Gasteiger partial charge on any atom is -0.385 e. The number of hydrogen-bond acceptors (Lipinski definition) is 3. The van der Waals surface area contributed by atoms with Gasteiger partial charge in [-0.2, -0.15) is 0 Å². The molecule has 1 aromatic carbocycles. The van der Waals surface area contributed by atoms with E-state index in [1.807, 2.05) is 35.2 Å². The van der Waals surface area contributed by atoms with Crippen molar-refractivity contribution in [2.75, 3.05) is 33.4 Å². The van der Waals surface area contributed by atoms with Crippen LogP contribution in [0.2, 0.25) is 0 Å². The van der Waals surface area contributed by atoms with Gasteiger partial charge in [0.05, 0.1) is 6.04 Å². The second-order valence-corrected chi connectivity index (χ2v) is 6.36. The Hall–Kier alpha value is -2.08. The standard InChI is InChI=1S/C19H29N3O3/c1-25-14-8-12-20-19(24)21-17(16-9-4-2-5-10-16)15-22-13-7-3-6-11-18(22)23/h2,4-5,9-10,17H,3,6-8,11-15H2,1H3,(H2,20,21,24). The summed E-state index contributed by atoms with van der Waals surface area (Å²) in [7, 11) is 1.64. The summed E-state index contributed by atoms with van der Waals surface area (Å²) in [5.41, 5.74) is 1.01. The van der Waals surface area contributed by atoms with Crippen LogP contribution >= 0.6 is 0 Å². The van der Waals surface area contributed by atoms with Crippen LogP contribution in [-0.4, -0.2) is 50.2 Å². The number of benzene rings is 1. The number of ether oxygens (including phenoxy) is 1. The predicted octanol–water partition coefficient (Wildman–Crippen LogP) is 2.47. The second-order valence-electron chi connectivity index (χ2n) is 6.36. The molecule has 1 aliphatic heterocycles. The largest absolute Gasteiger partial charge is 0.385 e. The number of nitrogens with zero attached hydrogens (tertiary/aromatic N) is 1. The Bertz CT molecular complexity index is 536. The third kappa shape index (κ3) is 6.74. The number of nitrogens with one attached hydrogen (secondary N) is 2. The average Bonchev–Trinajstić information content (AvgIpc) is 2.83. The van der Waals surface area contributed by atoms with Gasteiger partial charge in [-0.1, -0.05) is 36.8 Å². The normalized spacial score (nSPS) is 16.2. The molecule has 1 aromatic rings. The lowest BCUT2D eigenvalue weighted by atomic mass is 10.1. The molecule has 0 spiro atoms. The van der Waals surface area contributed by atoms with Gasteiger partial charge in [-0.25, -0.2) is 4.79 Å². The summed E-state index contributed by atoms with van der Waals surface area (Å²) in [6.45, 7) is 2.45. The van der Waals surface area contributed by atoms with Gasteiger partial charge in [0.1, 0.15) is 0 Å². The molecule has 0 aromatic heterocycles. The van der Waals surface area contributed by atoms with Crippen molar-refractivity contribution in [1.29, 1.82) is 0 Å². The van der Waals surface area contributed by atoms with Crippen molar-refractivity contribution < 1.29 is 14.3 Å². The molecule has 1 heterocycles. The van der Waals surface area contributed by atoms with E-state index < -0.39 is 0 Å². The van der Waals surface area contributed by atoms with Gasteiger partial charge in [0.15, 0.2) is 0 Å². The Balaban J connectivity index is 1.98. The highest BCUT2D eigenvalue weighted by Gasteiger charge is 2.22. The number of amides is 3. The van der Waals surface area contributed by atoms with Crippen LogP contribution in [0.5, 0.6) is 0 Å². The number of carbonyl (C=O) groups is 2. The van der Waals surface area contributed by atoms with Crippen LogP contribution in [0.25, 0.3) is 0 Å². The summed E-state index contributed by atoms with van der Waals surface area (Å²) in [6, 6.07) is 9.38. The molecule has 6 nitrogen and oxygen atoms in total. The summed E-state index contributed by atoms with van der Waals surface area (Å²) in [5.74, 6) is 0.181. The molecular formula is C19H29N3O3. The highest BCUT2D eigenvalue weighted by Crippen LogP contribution is 2.18. The van der Waals surface area contributed by atoms with Crippen LogP contribution in [0, 0.1) is 0 Å². The van der Waals surface area contributed by atoms with E-state index in [1.54, 1.807) is 7.11 Å². The van der Waals surface area contributed by atoms with E-state index in [1.165, 1.54) is 0 Å². The lowest BCUT2D eigenvalue weighted by Crippen LogP contribution is -2.44. The van der Waals surface area contributed by atoms with E-state index in [4.69, 9.17) is 4.74 Å². The van der Waals surface area contributed by atoms with Gasteiger partial charge in [-0.3, -0.25) is 4.79 Å². The Morgan fingerprint density at radius 1 is 1.24 bits per heavy atom. The molecule has 0 bridgehead atoms. The van der Waals surface area contributed by atoms with Gasteiger partial charge in [0, 0.05) is 39.8 Å². The molecule has 0 radical (unpaired) electrons. The summed E-state index contributed by atoms with van der Waals surface area (Å²) in [5, 5.41) is 5.86. The lowest BCUT2D eigenvalue weighted by Gasteiger charge is -2.27. The van der Waals surface area contributed by atoms with Crippen molar-refractivity contribution in [3.63, 3.8) is 0 Å². The van der Waals surface area contributed by atoms with Crippen molar-refractivity contribution >= 4 is 11.9 Å². The van der Waals surface area contributed by atoms with Crippen LogP contribution in [0.15, 0.2) is 30.3 Å². The molecule has 1 saturated heterocycles. The van der Waals surface area contributed by atoms with Crippen molar-refractivity contribution in [3.8, 4) is 0 Å². The predicted molar refractivity (Wildman–Crippen MR) is 97.3 cm³/mol. The average molecular weight is 347 g/mol. The summed E-state index contributed by atoms with van der Waals surface area (Å²) < 4.78 is 4.98. The first-order chi connectivity index (χ1) is 12.2. The maximum atomic E-state index is 12.3. The Kier molecular flexibility index (Phi) is 8.25. The number of carbonyl (C=O) groups excluding carboxylic acids is 2. The van der Waals surface area contributed by atoms with Crippen molar-refractivity contribution in [3.05, 3.63) is 35.9 Å². The molecule has 138 valence electrons. The van der Waals surface area contributed by atoms with Crippen molar-refractivity contribution in [1.82, 2.24) is 15.5 Å². The second kappa shape index (κ2) is 10.7. The minimum atomic E-state index is -0.217. The van der Waals surface area contributed by atoms with Crippen molar-refractivity contribution in [2.45, 2.75) is 38.1 Å². The number of likely N-dealkylation sites (tertiary alicyclic amines) is 1. The SMILES string of the molecule is COCCCNC(=O)NC(CN1CCCCCC1=O)c1ccccc1. The zero-order valence-electron chi connectivity index (χ0n) is 15.0. The minimum absolute atomic E-state index is 0.181. The molecule has 2 N–H and O–H groups in total. The fraction of sp³-hybridized carbons (Fsp3) is 0.579. The van der Waals surface area contributed by atoms with E-state index in [-0.39, 0.29) is 18.0 Å². The molecule has 1 fully saturated rings. The highest BCUT2D eigenvalue weighted by atomic mass is 16.5. The zero-order valence-corrected chi connectivity index (χ0v) is 15.0. The first-order valence-corrected chi connectivity index (χ1v) is 9.06. The van der Waals surface area contributed by atoms with Gasteiger partial charge < -0.3 is 20.3 Å². The maximum Gasteiger partial charge on any atom is 0.315 e. The quantitative estimate of drug-likeness (QED) is 0.710. The highest BCUT2D eigenvalue weighted by molar-refractivity contribution is 5.77. The van der Waals surface area contributed by atoms with Gasteiger partial charge in [-0.05, 0) is 24.8 Å². The number of rotatable bonds is 8. The lowest BCUT2D eigenvalue weighted by molar-refractivity contribution is -0.131. The summed E-state index contributed by atoms with van der Waals surface area (Å²) in [6.07, 6.45) is 4.44. The first-order valence-electron chi connectivity index (χ1n) is 9.06. The Morgan fingerprint density at radius 3 is 2.80 bits per heavy atom. The topological polar surface area (TPSA) is 70.7 Å². The first kappa shape index (κ1) is 19.2. The Labute approximate surface area is 149 Å². The van der Waals surface area contributed by atoms with Crippen LogP contribution in [0.4, 0.5) is 4.79 Å². The van der Waals surface area contributed by atoms with E-state index >= 15 is 0 Å². The molecule has 6 heteroatoms. The third-order valence-electron chi connectivity index (χ3n) is 4.39. The molecule has 0 aliphatic carbocycles. The van der Waals surface area contributed by atoms with E-state index in [0.717, 1.165) is 37.8 Å². The van der Waals surface area contributed by atoms with Crippen molar-refractivity contribution in [2.24, 2.45) is 0 Å². The monoisotopic (exact) mass is 347 g/mol. The van der Waals surface area contributed by atoms with Gasteiger partial charge in [0.25, 0.3) is 0 Å². The zero-order chi connectivity index (χ0) is 17.9. The molecular weight excluding hydrogens is 318 g/mol. The van der Waals surface area contributed by atoms with E-state index in [9.17, 15) is 9.59 Å². The third-order valence-corrected chi connectivity index (χ3v) is 4.39. The molecule has 1 aliphatic rings.